The number of ether oxygens (including phenoxy) is 1. The number of fused-ring (bicyclic) bond motifs is 3. The first-order valence-corrected chi connectivity index (χ1v) is 11.7. The molecule has 8 heteroatoms. The molecule has 1 N–H and O–H groups in total. The van der Waals surface area contributed by atoms with Gasteiger partial charge in [0.2, 0.25) is 5.91 Å². The predicted octanol–water partition coefficient (Wildman–Crippen LogP) is 3.46. The molecule has 0 bridgehead atoms. The highest BCUT2D eigenvalue weighted by Crippen LogP contribution is 2.44. The van der Waals surface area contributed by atoms with Crippen molar-refractivity contribution in [2.24, 2.45) is 5.92 Å². The Labute approximate surface area is 172 Å². The Morgan fingerprint density at radius 2 is 2.11 bits per heavy atom. The van der Waals surface area contributed by atoms with Gasteiger partial charge in [-0.1, -0.05) is 18.7 Å². The quantitative estimate of drug-likeness (QED) is 0.420. The van der Waals surface area contributed by atoms with Crippen molar-refractivity contribution in [3.63, 3.8) is 0 Å². The van der Waals surface area contributed by atoms with Crippen molar-refractivity contribution in [1.29, 1.82) is 0 Å². The molecule has 1 fully saturated rings. The SMILES string of the molecule is CCOC(=O)CNC(=O)CSc1nc(C2CC2)nc2sc3c(c12)CC[C@H](C)C3. The highest BCUT2D eigenvalue weighted by Gasteiger charge is 2.30. The molecule has 1 atom stereocenters. The first-order chi connectivity index (χ1) is 13.5. The van der Waals surface area contributed by atoms with Crippen LogP contribution in [0, 0.1) is 5.92 Å². The van der Waals surface area contributed by atoms with Crippen molar-refractivity contribution < 1.29 is 14.3 Å². The van der Waals surface area contributed by atoms with Gasteiger partial charge in [0.25, 0.3) is 0 Å². The van der Waals surface area contributed by atoms with Gasteiger partial charge in [-0.3, -0.25) is 9.59 Å². The molecule has 0 saturated heterocycles. The van der Waals surface area contributed by atoms with Crippen LogP contribution in [0.3, 0.4) is 0 Å². The van der Waals surface area contributed by atoms with E-state index in [1.807, 2.05) is 0 Å². The summed E-state index contributed by atoms with van der Waals surface area (Å²) in [4.78, 5) is 35.8. The van der Waals surface area contributed by atoms with Crippen LogP contribution in [0.5, 0.6) is 0 Å². The van der Waals surface area contributed by atoms with E-state index in [1.165, 1.54) is 28.6 Å². The number of thiophene rings is 1. The lowest BCUT2D eigenvalue weighted by Gasteiger charge is -2.18. The summed E-state index contributed by atoms with van der Waals surface area (Å²) in [6.07, 6.45) is 5.66. The van der Waals surface area contributed by atoms with E-state index in [2.05, 4.69) is 12.2 Å². The molecule has 2 aliphatic rings. The molecule has 1 saturated carbocycles. The van der Waals surface area contributed by atoms with Gasteiger partial charge in [-0.05, 0) is 50.5 Å². The third-order valence-electron chi connectivity index (χ3n) is 5.16. The molecule has 0 radical (unpaired) electrons. The smallest absolute Gasteiger partial charge is 0.325 e. The van der Waals surface area contributed by atoms with E-state index in [0.29, 0.717) is 18.4 Å². The molecule has 150 valence electrons. The fourth-order valence-corrected chi connectivity index (χ4v) is 5.87. The zero-order valence-electron chi connectivity index (χ0n) is 16.2. The Kier molecular flexibility index (Phi) is 5.87. The largest absolute Gasteiger partial charge is 0.465 e. The van der Waals surface area contributed by atoms with Gasteiger partial charge >= 0.3 is 5.97 Å². The van der Waals surface area contributed by atoms with Crippen molar-refractivity contribution >= 4 is 45.2 Å². The van der Waals surface area contributed by atoms with E-state index in [1.54, 1.807) is 18.3 Å². The third-order valence-corrected chi connectivity index (χ3v) is 7.28. The Morgan fingerprint density at radius 3 is 2.86 bits per heavy atom. The lowest BCUT2D eigenvalue weighted by Crippen LogP contribution is -2.31. The molecule has 4 rings (SSSR count). The number of nitrogens with one attached hydrogen (secondary N) is 1. The van der Waals surface area contributed by atoms with E-state index in [-0.39, 0.29) is 18.2 Å². The predicted molar refractivity (Wildman–Crippen MR) is 111 cm³/mol. The number of nitrogens with zero attached hydrogens (tertiary/aromatic N) is 2. The highest BCUT2D eigenvalue weighted by atomic mass is 32.2. The fourth-order valence-electron chi connectivity index (χ4n) is 3.52. The molecule has 28 heavy (non-hydrogen) atoms. The maximum atomic E-state index is 12.2. The molecule has 0 spiro atoms. The van der Waals surface area contributed by atoms with Crippen molar-refractivity contribution in [2.75, 3.05) is 18.9 Å². The van der Waals surface area contributed by atoms with Crippen LogP contribution in [-0.4, -0.2) is 40.7 Å². The minimum Gasteiger partial charge on any atom is -0.465 e. The highest BCUT2D eigenvalue weighted by molar-refractivity contribution is 8.00. The molecule has 6 nitrogen and oxygen atoms in total. The van der Waals surface area contributed by atoms with Crippen LogP contribution in [-0.2, 0) is 27.2 Å². The number of carbonyl (C=O) groups excluding carboxylic acids is 2. The van der Waals surface area contributed by atoms with Gasteiger partial charge in [-0.2, -0.15) is 0 Å². The van der Waals surface area contributed by atoms with Gasteiger partial charge in [-0.25, -0.2) is 9.97 Å². The third kappa shape index (κ3) is 4.33. The average Bonchev–Trinajstić information content (AvgIpc) is 3.45. The van der Waals surface area contributed by atoms with Crippen LogP contribution < -0.4 is 5.32 Å². The Balaban J connectivity index is 1.53. The van der Waals surface area contributed by atoms with Crippen LogP contribution in [0.25, 0.3) is 10.2 Å². The van der Waals surface area contributed by atoms with Crippen LogP contribution >= 0.6 is 23.1 Å². The zero-order valence-corrected chi connectivity index (χ0v) is 17.9. The summed E-state index contributed by atoms with van der Waals surface area (Å²) in [7, 11) is 0. The average molecular weight is 420 g/mol. The second-order valence-corrected chi connectivity index (χ2v) is 9.61. The summed E-state index contributed by atoms with van der Waals surface area (Å²) in [5.41, 5.74) is 1.38. The number of hydrogen-bond acceptors (Lipinski definition) is 7. The van der Waals surface area contributed by atoms with E-state index in [0.717, 1.165) is 46.8 Å². The maximum absolute atomic E-state index is 12.2. The van der Waals surface area contributed by atoms with Crippen molar-refractivity contribution in [2.45, 2.75) is 56.9 Å². The van der Waals surface area contributed by atoms with Gasteiger partial charge in [0, 0.05) is 16.2 Å². The first kappa shape index (κ1) is 19.6. The summed E-state index contributed by atoms with van der Waals surface area (Å²) in [5, 5.41) is 4.70. The van der Waals surface area contributed by atoms with Gasteiger partial charge in [-0.15, -0.1) is 11.3 Å². The number of amides is 1. The molecule has 0 unspecified atom stereocenters. The van der Waals surface area contributed by atoms with Crippen molar-refractivity contribution in [3.05, 3.63) is 16.3 Å². The van der Waals surface area contributed by atoms with Crippen LogP contribution in [0.1, 0.15) is 55.3 Å². The summed E-state index contributed by atoms with van der Waals surface area (Å²) in [6.45, 7) is 4.27. The number of rotatable bonds is 7. The molecular formula is C20H25N3O3S2. The maximum Gasteiger partial charge on any atom is 0.325 e. The second-order valence-electron chi connectivity index (χ2n) is 7.56. The number of carbonyl (C=O) groups is 2. The summed E-state index contributed by atoms with van der Waals surface area (Å²) >= 11 is 3.26. The van der Waals surface area contributed by atoms with Crippen molar-refractivity contribution in [1.82, 2.24) is 15.3 Å². The lowest BCUT2D eigenvalue weighted by molar-refractivity contribution is -0.143. The Bertz CT molecular complexity index is 908. The lowest BCUT2D eigenvalue weighted by atomic mass is 9.89. The standard InChI is InChI=1S/C20H25N3O3S2/c1-3-26-16(25)9-21-15(24)10-27-19-17-13-7-4-11(2)8-14(13)28-20(17)23-18(22-19)12-5-6-12/h11-12H,3-10H2,1-2H3,(H,21,24)/t11-/m0/s1. The number of thioether (sulfide) groups is 1. The van der Waals surface area contributed by atoms with E-state index >= 15 is 0 Å². The van der Waals surface area contributed by atoms with Crippen LogP contribution in [0.15, 0.2) is 5.03 Å². The van der Waals surface area contributed by atoms with E-state index in [4.69, 9.17) is 14.7 Å². The first-order valence-electron chi connectivity index (χ1n) is 9.92. The molecule has 2 heterocycles. The van der Waals surface area contributed by atoms with Gasteiger partial charge in [0.1, 0.15) is 22.2 Å². The van der Waals surface area contributed by atoms with Gasteiger partial charge < -0.3 is 10.1 Å². The molecule has 2 aliphatic carbocycles. The summed E-state index contributed by atoms with van der Waals surface area (Å²) in [5.74, 6) is 1.74. The molecular weight excluding hydrogens is 394 g/mol. The molecule has 1 amide bonds. The molecule has 0 aliphatic heterocycles. The van der Waals surface area contributed by atoms with Gasteiger partial charge in [0.05, 0.1) is 12.4 Å². The normalized spacial score (nSPS) is 18.7. The minimum absolute atomic E-state index is 0.0918. The number of aryl methyl sites for hydroxylation is 1. The minimum atomic E-state index is -0.415. The molecule has 2 aromatic rings. The number of hydrogen-bond donors (Lipinski definition) is 1. The van der Waals surface area contributed by atoms with E-state index in [9.17, 15) is 9.59 Å². The van der Waals surface area contributed by atoms with Crippen molar-refractivity contribution in [3.8, 4) is 0 Å². The van der Waals surface area contributed by atoms with Crippen LogP contribution in [0.2, 0.25) is 0 Å². The van der Waals surface area contributed by atoms with Crippen LogP contribution in [0.4, 0.5) is 0 Å². The topological polar surface area (TPSA) is 81.2 Å². The summed E-state index contributed by atoms with van der Waals surface area (Å²) in [6, 6.07) is 0. The molecule has 0 aromatic carbocycles. The zero-order chi connectivity index (χ0) is 19.7. The fraction of sp³-hybridized carbons (Fsp3) is 0.600. The second kappa shape index (κ2) is 8.37. The Morgan fingerprint density at radius 1 is 1.29 bits per heavy atom. The Hall–Kier alpha value is -1.67. The molecule has 2 aromatic heterocycles. The summed E-state index contributed by atoms with van der Waals surface area (Å²) < 4.78 is 4.84. The monoisotopic (exact) mass is 419 g/mol. The van der Waals surface area contributed by atoms with E-state index < -0.39 is 5.97 Å². The number of aromatic nitrogens is 2. The van der Waals surface area contributed by atoms with Gasteiger partial charge in [0.15, 0.2) is 0 Å². The number of esters is 1.